The van der Waals surface area contributed by atoms with E-state index in [1.54, 1.807) is 18.2 Å². The van der Waals surface area contributed by atoms with E-state index >= 15 is 0 Å². The molecule has 0 spiro atoms. The highest BCUT2D eigenvalue weighted by molar-refractivity contribution is 6.31. The number of benzene rings is 1. The maximum absolute atomic E-state index is 11.9. The molecular formula is C14H20ClN3O2. The van der Waals surface area contributed by atoms with Crippen LogP contribution in [0.2, 0.25) is 5.02 Å². The van der Waals surface area contributed by atoms with Crippen molar-refractivity contribution in [1.29, 1.82) is 0 Å². The van der Waals surface area contributed by atoms with Crippen LogP contribution < -0.4 is 11.1 Å². The number of nitrogen functional groups attached to an aromatic ring is 1. The molecule has 0 bridgehead atoms. The van der Waals surface area contributed by atoms with Gasteiger partial charge in [-0.2, -0.15) is 0 Å². The number of carbonyl (C=O) groups excluding carboxylic acids is 1. The Morgan fingerprint density at radius 3 is 3.10 bits per heavy atom. The van der Waals surface area contributed by atoms with Crippen molar-refractivity contribution < 1.29 is 9.90 Å². The van der Waals surface area contributed by atoms with Crippen molar-refractivity contribution in [3.8, 4) is 0 Å². The van der Waals surface area contributed by atoms with Gasteiger partial charge in [0.15, 0.2) is 0 Å². The lowest BCUT2D eigenvalue weighted by atomic mass is 10.1. The largest absolute Gasteiger partial charge is 0.397 e. The number of amides is 1. The number of hydrogen-bond donors (Lipinski definition) is 3. The first-order valence-electron chi connectivity index (χ1n) is 6.80. The number of nitrogens with two attached hydrogens (primary N) is 1. The molecule has 1 unspecified atom stereocenters. The summed E-state index contributed by atoms with van der Waals surface area (Å²) in [5.41, 5.74) is 6.82. The Bertz CT molecular complexity index is 481. The van der Waals surface area contributed by atoms with E-state index in [9.17, 15) is 9.90 Å². The first-order valence-corrected chi connectivity index (χ1v) is 7.17. The van der Waals surface area contributed by atoms with Gasteiger partial charge in [0.1, 0.15) is 0 Å². The molecule has 1 saturated heterocycles. The molecule has 0 saturated carbocycles. The fourth-order valence-corrected chi connectivity index (χ4v) is 2.52. The second kappa shape index (κ2) is 6.92. The molecule has 110 valence electrons. The van der Waals surface area contributed by atoms with E-state index in [1.165, 1.54) is 0 Å². The maximum atomic E-state index is 11.9. The van der Waals surface area contributed by atoms with Crippen molar-refractivity contribution in [3.63, 3.8) is 0 Å². The average molecular weight is 298 g/mol. The lowest BCUT2D eigenvalue weighted by Crippen LogP contribution is -2.39. The van der Waals surface area contributed by atoms with Gasteiger partial charge in [-0.1, -0.05) is 11.6 Å². The highest BCUT2D eigenvalue weighted by atomic mass is 35.5. The highest BCUT2D eigenvalue weighted by Crippen LogP contribution is 2.23. The van der Waals surface area contributed by atoms with E-state index in [-0.39, 0.29) is 12.0 Å². The van der Waals surface area contributed by atoms with Crippen molar-refractivity contribution in [2.45, 2.75) is 25.4 Å². The number of β-amino-alcohol motifs (C(OH)–C–C–N with tert-alkyl or cyclic N) is 1. The highest BCUT2D eigenvalue weighted by Gasteiger charge is 2.18. The Balaban J connectivity index is 1.82. The summed E-state index contributed by atoms with van der Waals surface area (Å²) in [7, 11) is 0. The standard InChI is InChI=1S/C14H20ClN3O2/c15-10-3-4-12(16)13(8-10)17-14(20)5-7-18-6-1-2-11(19)9-18/h3-4,8,11,19H,1-2,5-7,9,16H2,(H,17,20). The molecule has 2 rings (SSSR count). The third-order valence-electron chi connectivity index (χ3n) is 3.43. The molecule has 1 aromatic carbocycles. The number of nitrogens with zero attached hydrogens (tertiary/aromatic N) is 1. The molecule has 1 aliphatic rings. The van der Waals surface area contributed by atoms with Crippen LogP contribution in [0.1, 0.15) is 19.3 Å². The Morgan fingerprint density at radius 2 is 2.35 bits per heavy atom. The van der Waals surface area contributed by atoms with Gasteiger partial charge in [0.2, 0.25) is 5.91 Å². The zero-order chi connectivity index (χ0) is 14.5. The number of aliphatic hydroxyl groups excluding tert-OH is 1. The smallest absolute Gasteiger partial charge is 0.225 e. The van der Waals surface area contributed by atoms with E-state index in [0.29, 0.717) is 35.9 Å². The Morgan fingerprint density at radius 1 is 1.55 bits per heavy atom. The Kier molecular flexibility index (Phi) is 5.23. The molecule has 20 heavy (non-hydrogen) atoms. The summed E-state index contributed by atoms with van der Waals surface area (Å²) in [4.78, 5) is 14.0. The molecule has 1 aromatic rings. The fraction of sp³-hybridized carbons (Fsp3) is 0.500. The molecule has 1 amide bonds. The molecule has 0 aromatic heterocycles. The van der Waals surface area contributed by atoms with Crippen molar-refractivity contribution in [1.82, 2.24) is 4.90 Å². The van der Waals surface area contributed by atoms with E-state index < -0.39 is 0 Å². The minimum absolute atomic E-state index is 0.0981. The summed E-state index contributed by atoms with van der Waals surface area (Å²) < 4.78 is 0. The number of carbonyl (C=O) groups is 1. The average Bonchev–Trinajstić information content (AvgIpc) is 2.41. The van der Waals surface area contributed by atoms with Crippen LogP contribution in [0.3, 0.4) is 0 Å². The molecule has 4 N–H and O–H groups in total. The van der Waals surface area contributed by atoms with Gasteiger partial charge in [0, 0.05) is 24.5 Å². The minimum atomic E-state index is -0.268. The topological polar surface area (TPSA) is 78.6 Å². The molecule has 6 heteroatoms. The number of likely N-dealkylation sites (tertiary alicyclic amines) is 1. The van der Waals surface area contributed by atoms with Gasteiger partial charge in [0.05, 0.1) is 17.5 Å². The quantitative estimate of drug-likeness (QED) is 0.739. The number of rotatable bonds is 4. The van der Waals surface area contributed by atoms with Crippen LogP contribution in [0.4, 0.5) is 11.4 Å². The number of nitrogens with one attached hydrogen (secondary N) is 1. The molecule has 5 nitrogen and oxygen atoms in total. The number of aliphatic hydroxyl groups is 1. The van der Waals surface area contributed by atoms with E-state index in [4.69, 9.17) is 17.3 Å². The van der Waals surface area contributed by atoms with E-state index in [2.05, 4.69) is 10.2 Å². The van der Waals surface area contributed by atoms with Gasteiger partial charge in [-0.15, -0.1) is 0 Å². The van der Waals surface area contributed by atoms with Crippen LogP contribution in [0.5, 0.6) is 0 Å². The third kappa shape index (κ3) is 4.37. The lowest BCUT2D eigenvalue weighted by Gasteiger charge is -2.29. The molecule has 1 fully saturated rings. The molecular weight excluding hydrogens is 278 g/mol. The van der Waals surface area contributed by atoms with Gasteiger partial charge >= 0.3 is 0 Å². The van der Waals surface area contributed by atoms with Crippen molar-refractivity contribution in [2.75, 3.05) is 30.7 Å². The van der Waals surface area contributed by atoms with Gasteiger partial charge in [-0.25, -0.2) is 0 Å². The van der Waals surface area contributed by atoms with E-state index in [0.717, 1.165) is 19.4 Å². The van der Waals surface area contributed by atoms with Crippen LogP contribution >= 0.6 is 11.6 Å². The fourth-order valence-electron chi connectivity index (χ4n) is 2.34. The second-order valence-corrected chi connectivity index (χ2v) is 5.56. The molecule has 1 heterocycles. The van der Waals surface area contributed by atoms with Gasteiger partial charge in [-0.3, -0.25) is 4.79 Å². The summed E-state index contributed by atoms with van der Waals surface area (Å²) >= 11 is 5.87. The molecule has 0 radical (unpaired) electrons. The Hall–Kier alpha value is -1.30. The first kappa shape index (κ1) is 15.1. The van der Waals surface area contributed by atoms with Gasteiger partial charge < -0.3 is 21.1 Å². The SMILES string of the molecule is Nc1ccc(Cl)cc1NC(=O)CCN1CCCC(O)C1. The van der Waals surface area contributed by atoms with Gasteiger partial charge in [-0.05, 0) is 37.6 Å². The summed E-state index contributed by atoms with van der Waals surface area (Å²) in [5, 5.41) is 12.9. The Labute approximate surface area is 123 Å². The molecule has 1 atom stereocenters. The van der Waals surface area contributed by atoms with Crippen LogP contribution in [0.15, 0.2) is 18.2 Å². The summed E-state index contributed by atoms with van der Waals surface area (Å²) in [6, 6.07) is 4.99. The number of piperidine rings is 1. The maximum Gasteiger partial charge on any atom is 0.225 e. The summed E-state index contributed by atoms with van der Waals surface area (Å²) in [6.07, 6.45) is 1.93. The number of anilines is 2. The van der Waals surface area contributed by atoms with Crippen LogP contribution in [-0.2, 0) is 4.79 Å². The second-order valence-electron chi connectivity index (χ2n) is 5.13. The van der Waals surface area contributed by atoms with E-state index in [1.807, 2.05) is 0 Å². The molecule has 0 aliphatic carbocycles. The van der Waals surface area contributed by atoms with Crippen molar-refractivity contribution in [3.05, 3.63) is 23.2 Å². The number of halogens is 1. The predicted molar refractivity (Wildman–Crippen MR) is 80.8 cm³/mol. The summed E-state index contributed by atoms with van der Waals surface area (Å²) in [5.74, 6) is -0.0981. The van der Waals surface area contributed by atoms with Crippen LogP contribution in [0.25, 0.3) is 0 Å². The zero-order valence-electron chi connectivity index (χ0n) is 11.3. The predicted octanol–water partition coefficient (Wildman–Crippen LogP) is 1.71. The third-order valence-corrected chi connectivity index (χ3v) is 3.66. The van der Waals surface area contributed by atoms with Gasteiger partial charge in [0.25, 0.3) is 0 Å². The normalized spacial score (nSPS) is 19.8. The lowest BCUT2D eigenvalue weighted by molar-refractivity contribution is -0.116. The zero-order valence-corrected chi connectivity index (χ0v) is 12.1. The number of hydrogen-bond acceptors (Lipinski definition) is 4. The summed E-state index contributed by atoms with van der Waals surface area (Å²) in [6.45, 7) is 2.22. The van der Waals surface area contributed by atoms with Crippen LogP contribution in [0, 0.1) is 0 Å². The first-order chi connectivity index (χ1) is 9.54. The minimum Gasteiger partial charge on any atom is -0.397 e. The van der Waals surface area contributed by atoms with Crippen molar-refractivity contribution >= 4 is 28.9 Å². The molecule has 1 aliphatic heterocycles. The van der Waals surface area contributed by atoms with Crippen molar-refractivity contribution in [2.24, 2.45) is 0 Å². The monoisotopic (exact) mass is 297 g/mol. The van der Waals surface area contributed by atoms with Crippen LogP contribution in [-0.4, -0.2) is 41.7 Å².